The molecule has 18 heavy (non-hydrogen) atoms. The number of rotatable bonds is 4. The molecule has 0 radical (unpaired) electrons. The molecule has 1 amide bonds. The maximum Gasteiger partial charge on any atom is 0.325 e. The maximum atomic E-state index is 11.9. The normalized spacial score (nSPS) is 10.3. The molecule has 0 spiro atoms. The van der Waals surface area contributed by atoms with Crippen LogP contribution in [0.25, 0.3) is 10.9 Å². The highest BCUT2D eigenvalue weighted by Gasteiger charge is 2.12. The average molecular weight is 246 g/mol. The molecule has 0 aliphatic heterocycles. The van der Waals surface area contributed by atoms with Crippen LogP contribution in [-0.4, -0.2) is 30.0 Å². The second kappa shape index (κ2) is 5.35. The smallest absolute Gasteiger partial charge is 0.325 e. The Morgan fingerprint density at radius 2 is 2.11 bits per heavy atom. The van der Waals surface area contributed by atoms with E-state index < -0.39 is 5.97 Å². The van der Waals surface area contributed by atoms with Crippen LogP contribution in [0.15, 0.2) is 30.5 Å². The summed E-state index contributed by atoms with van der Waals surface area (Å²) in [6, 6.07) is 7.49. The van der Waals surface area contributed by atoms with Crippen molar-refractivity contribution in [2.45, 2.75) is 6.92 Å². The molecule has 5 nitrogen and oxygen atoms in total. The maximum absolute atomic E-state index is 11.9. The standard InChI is InChI=1S/C13H14N2O3/c1-2-18-12(16)8-15-13(17)10-7-14-11-6-4-3-5-9(10)11/h3-7,14H,2,8H2,1H3,(H,15,17). The van der Waals surface area contributed by atoms with E-state index >= 15 is 0 Å². The molecule has 1 aromatic heterocycles. The Labute approximate surface area is 104 Å². The third kappa shape index (κ3) is 2.51. The first-order valence-corrected chi connectivity index (χ1v) is 5.72. The molecule has 0 atom stereocenters. The van der Waals surface area contributed by atoms with Crippen molar-refractivity contribution < 1.29 is 14.3 Å². The molecule has 5 heteroatoms. The van der Waals surface area contributed by atoms with E-state index in [4.69, 9.17) is 4.74 Å². The number of fused-ring (bicyclic) bond motifs is 1. The summed E-state index contributed by atoms with van der Waals surface area (Å²) in [5, 5.41) is 3.36. The molecule has 1 heterocycles. The average Bonchev–Trinajstić information content (AvgIpc) is 2.80. The number of benzene rings is 1. The number of para-hydroxylation sites is 1. The number of ether oxygens (including phenoxy) is 1. The van der Waals surface area contributed by atoms with Gasteiger partial charge in [0.2, 0.25) is 0 Å². The highest BCUT2D eigenvalue weighted by Crippen LogP contribution is 2.17. The first-order chi connectivity index (χ1) is 8.72. The number of aromatic amines is 1. The summed E-state index contributed by atoms with van der Waals surface area (Å²) in [6.07, 6.45) is 1.63. The SMILES string of the molecule is CCOC(=O)CNC(=O)c1c[nH]c2ccccc12. The molecule has 0 saturated heterocycles. The molecule has 0 aliphatic carbocycles. The van der Waals surface area contributed by atoms with Crippen molar-refractivity contribution in [3.8, 4) is 0 Å². The fourth-order valence-corrected chi connectivity index (χ4v) is 1.72. The van der Waals surface area contributed by atoms with Gasteiger partial charge in [0.15, 0.2) is 0 Å². The quantitative estimate of drug-likeness (QED) is 0.802. The first-order valence-electron chi connectivity index (χ1n) is 5.72. The highest BCUT2D eigenvalue weighted by molar-refractivity contribution is 6.07. The molecule has 0 fully saturated rings. The van der Waals surface area contributed by atoms with Gasteiger partial charge in [0, 0.05) is 17.1 Å². The predicted molar refractivity (Wildman–Crippen MR) is 67.3 cm³/mol. The van der Waals surface area contributed by atoms with Crippen molar-refractivity contribution in [2.75, 3.05) is 13.2 Å². The summed E-state index contributed by atoms with van der Waals surface area (Å²) in [5.41, 5.74) is 1.41. The number of hydrogen-bond acceptors (Lipinski definition) is 3. The molecule has 1 aromatic carbocycles. The van der Waals surface area contributed by atoms with Gasteiger partial charge in [0.25, 0.3) is 5.91 Å². The second-order valence-electron chi connectivity index (χ2n) is 3.74. The number of nitrogens with one attached hydrogen (secondary N) is 2. The number of hydrogen-bond donors (Lipinski definition) is 2. The molecule has 2 N–H and O–H groups in total. The minimum absolute atomic E-state index is 0.119. The Morgan fingerprint density at radius 3 is 2.89 bits per heavy atom. The van der Waals surface area contributed by atoms with E-state index in [1.807, 2.05) is 24.3 Å². The Morgan fingerprint density at radius 1 is 1.33 bits per heavy atom. The van der Waals surface area contributed by atoms with E-state index in [1.54, 1.807) is 13.1 Å². The molecule has 0 saturated carbocycles. The van der Waals surface area contributed by atoms with Crippen LogP contribution in [0.4, 0.5) is 0 Å². The lowest BCUT2D eigenvalue weighted by Gasteiger charge is -2.03. The van der Waals surface area contributed by atoms with Gasteiger partial charge >= 0.3 is 5.97 Å². The molecule has 0 unspecified atom stereocenters. The summed E-state index contributed by atoms with van der Waals surface area (Å²) in [5.74, 6) is -0.730. The zero-order chi connectivity index (χ0) is 13.0. The van der Waals surface area contributed by atoms with E-state index in [9.17, 15) is 9.59 Å². The number of carbonyl (C=O) groups excluding carboxylic acids is 2. The van der Waals surface area contributed by atoms with Crippen LogP contribution >= 0.6 is 0 Å². The minimum atomic E-state index is -0.439. The van der Waals surface area contributed by atoms with Crippen molar-refractivity contribution in [1.82, 2.24) is 10.3 Å². The zero-order valence-corrected chi connectivity index (χ0v) is 10.0. The Bertz CT molecular complexity index is 574. The van der Waals surface area contributed by atoms with Crippen LogP contribution in [0, 0.1) is 0 Å². The number of H-pyrrole nitrogens is 1. The van der Waals surface area contributed by atoms with Crippen LogP contribution in [-0.2, 0) is 9.53 Å². The van der Waals surface area contributed by atoms with Gasteiger partial charge < -0.3 is 15.0 Å². The van der Waals surface area contributed by atoms with E-state index in [-0.39, 0.29) is 12.5 Å². The number of carbonyl (C=O) groups is 2. The number of amides is 1. The molecular formula is C13H14N2O3. The molecule has 0 bridgehead atoms. The summed E-state index contributed by atoms with van der Waals surface area (Å²) in [4.78, 5) is 26.0. The lowest BCUT2D eigenvalue weighted by molar-refractivity contribution is -0.141. The summed E-state index contributed by atoms with van der Waals surface area (Å²) >= 11 is 0. The van der Waals surface area contributed by atoms with Crippen molar-refractivity contribution in [3.05, 3.63) is 36.0 Å². The van der Waals surface area contributed by atoms with Crippen molar-refractivity contribution in [1.29, 1.82) is 0 Å². The lowest BCUT2D eigenvalue weighted by atomic mass is 10.1. The van der Waals surface area contributed by atoms with Gasteiger partial charge in [-0.2, -0.15) is 0 Å². The van der Waals surface area contributed by atoms with E-state index in [2.05, 4.69) is 10.3 Å². The fraction of sp³-hybridized carbons (Fsp3) is 0.231. The van der Waals surface area contributed by atoms with Gasteiger partial charge in [0.1, 0.15) is 6.54 Å². The number of aromatic nitrogens is 1. The van der Waals surface area contributed by atoms with Crippen LogP contribution in [0.3, 0.4) is 0 Å². The van der Waals surface area contributed by atoms with Gasteiger partial charge in [-0.1, -0.05) is 18.2 Å². The van der Waals surface area contributed by atoms with Gasteiger partial charge in [-0.15, -0.1) is 0 Å². The Balaban J connectivity index is 2.07. The molecular weight excluding hydrogens is 232 g/mol. The fourth-order valence-electron chi connectivity index (χ4n) is 1.72. The van der Waals surface area contributed by atoms with Gasteiger partial charge in [0.05, 0.1) is 12.2 Å². The van der Waals surface area contributed by atoms with Gasteiger partial charge in [-0.3, -0.25) is 9.59 Å². The third-order valence-corrected chi connectivity index (χ3v) is 2.53. The molecule has 94 valence electrons. The first kappa shape index (κ1) is 12.2. The van der Waals surface area contributed by atoms with Gasteiger partial charge in [-0.25, -0.2) is 0 Å². The van der Waals surface area contributed by atoms with E-state index in [0.29, 0.717) is 12.2 Å². The second-order valence-corrected chi connectivity index (χ2v) is 3.74. The number of esters is 1. The topological polar surface area (TPSA) is 71.2 Å². The largest absolute Gasteiger partial charge is 0.465 e. The van der Waals surface area contributed by atoms with Gasteiger partial charge in [-0.05, 0) is 13.0 Å². The molecule has 2 aromatic rings. The minimum Gasteiger partial charge on any atom is -0.465 e. The van der Waals surface area contributed by atoms with Crippen molar-refractivity contribution in [3.63, 3.8) is 0 Å². The van der Waals surface area contributed by atoms with Crippen molar-refractivity contribution >= 4 is 22.8 Å². The summed E-state index contributed by atoms with van der Waals surface area (Å²) < 4.78 is 4.74. The van der Waals surface area contributed by atoms with Crippen LogP contribution in [0.1, 0.15) is 17.3 Å². The van der Waals surface area contributed by atoms with Crippen LogP contribution in [0.5, 0.6) is 0 Å². The lowest BCUT2D eigenvalue weighted by Crippen LogP contribution is -2.30. The van der Waals surface area contributed by atoms with E-state index in [1.165, 1.54) is 0 Å². The summed E-state index contributed by atoms with van der Waals surface area (Å²) in [6.45, 7) is 1.91. The Hall–Kier alpha value is -2.30. The highest BCUT2D eigenvalue weighted by atomic mass is 16.5. The van der Waals surface area contributed by atoms with E-state index in [0.717, 1.165) is 10.9 Å². The predicted octanol–water partition coefficient (Wildman–Crippen LogP) is 1.46. The van der Waals surface area contributed by atoms with Crippen molar-refractivity contribution in [2.24, 2.45) is 0 Å². The molecule has 0 aliphatic rings. The van der Waals surface area contributed by atoms with Crippen LogP contribution < -0.4 is 5.32 Å². The zero-order valence-electron chi connectivity index (χ0n) is 10.0. The third-order valence-electron chi connectivity index (χ3n) is 2.53. The Kier molecular flexibility index (Phi) is 3.62. The monoisotopic (exact) mass is 246 g/mol. The van der Waals surface area contributed by atoms with Crippen LogP contribution in [0.2, 0.25) is 0 Å². The molecule has 2 rings (SSSR count). The summed E-state index contributed by atoms with van der Waals surface area (Å²) in [7, 11) is 0.